The van der Waals surface area contributed by atoms with Crippen LogP contribution in [0.15, 0.2) is 53.5 Å². The van der Waals surface area contributed by atoms with Gasteiger partial charge in [-0.1, -0.05) is 43.3 Å². The Balaban J connectivity index is 2.23. The van der Waals surface area contributed by atoms with Gasteiger partial charge in [0.2, 0.25) is 0 Å². The predicted octanol–water partition coefficient (Wildman–Crippen LogP) is 3.20. The van der Waals surface area contributed by atoms with Crippen LogP contribution >= 0.6 is 0 Å². The second-order valence-corrected chi connectivity index (χ2v) is 6.02. The molecule has 1 atom stereocenters. The lowest BCUT2D eigenvalue weighted by Crippen LogP contribution is -2.32. The number of urea groups is 1. The molecule has 1 aliphatic rings. The van der Waals surface area contributed by atoms with Crippen molar-refractivity contribution in [2.75, 3.05) is 12.0 Å². The number of esters is 1. The van der Waals surface area contributed by atoms with Gasteiger partial charge in [-0.25, -0.2) is 9.59 Å². The van der Waals surface area contributed by atoms with Gasteiger partial charge in [0.05, 0.1) is 18.5 Å². The number of amides is 2. The number of nitrogens with zero attached hydrogens (tertiary/aromatic N) is 2. The van der Waals surface area contributed by atoms with Gasteiger partial charge in [0.1, 0.15) is 6.04 Å². The first-order valence-corrected chi connectivity index (χ1v) is 8.48. The van der Waals surface area contributed by atoms with Crippen LogP contribution in [0.25, 0.3) is 0 Å². The molecule has 1 unspecified atom stereocenters. The number of ether oxygens (including phenoxy) is 1. The molecule has 1 heterocycles. The summed E-state index contributed by atoms with van der Waals surface area (Å²) < 4.78 is 4.86. The molecule has 26 heavy (non-hydrogen) atoms. The summed E-state index contributed by atoms with van der Waals surface area (Å²) in [6, 6.07) is 13.9. The maximum Gasteiger partial charge on any atom is 0.330 e. The van der Waals surface area contributed by atoms with Crippen molar-refractivity contribution in [3.05, 3.63) is 59.7 Å². The highest BCUT2D eigenvalue weighted by atomic mass is 16.5. The van der Waals surface area contributed by atoms with Gasteiger partial charge >= 0.3 is 12.0 Å². The van der Waals surface area contributed by atoms with E-state index in [2.05, 4.69) is 4.99 Å². The summed E-state index contributed by atoms with van der Waals surface area (Å²) in [6.07, 6.45) is 1.02. The number of carbonyl (C=O) groups excluding carboxylic acids is 2. The Hall–Kier alpha value is -3.15. The average molecular weight is 351 g/mol. The molecular weight excluding hydrogens is 330 g/mol. The Morgan fingerprint density at radius 3 is 2.46 bits per heavy atom. The lowest BCUT2D eigenvalue weighted by atomic mass is 10.0. The Morgan fingerprint density at radius 2 is 1.81 bits per heavy atom. The zero-order valence-electron chi connectivity index (χ0n) is 14.8. The SMILES string of the molecule is CCC(N=C1Cc2ccccc2N(C(N)=O)c2ccccc21)C(=O)OC. The van der Waals surface area contributed by atoms with Crippen LogP contribution in [0.1, 0.15) is 24.5 Å². The molecule has 1 aliphatic heterocycles. The smallest absolute Gasteiger partial charge is 0.330 e. The highest BCUT2D eigenvalue weighted by Gasteiger charge is 2.28. The summed E-state index contributed by atoms with van der Waals surface area (Å²) in [5.74, 6) is -0.373. The van der Waals surface area contributed by atoms with Crippen LogP contribution in [0.2, 0.25) is 0 Å². The molecule has 0 aromatic heterocycles. The third kappa shape index (κ3) is 3.18. The first-order valence-electron chi connectivity index (χ1n) is 8.48. The molecule has 0 fully saturated rings. The molecule has 0 saturated heterocycles. The number of aliphatic imine (C=N–C) groups is 1. The van der Waals surface area contributed by atoms with Crippen LogP contribution in [0.4, 0.5) is 16.2 Å². The van der Waals surface area contributed by atoms with Crippen molar-refractivity contribution < 1.29 is 14.3 Å². The van der Waals surface area contributed by atoms with Gasteiger partial charge < -0.3 is 10.5 Å². The quantitative estimate of drug-likeness (QED) is 0.862. The second kappa shape index (κ2) is 7.39. The van der Waals surface area contributed by atoms with Crippen LogP contribution in [-0.4, -0.2) is 30.9 Å². The molecule has 2 N–H and O–H groups in total. The molecular formula is C20H21N3O3. The Kier molecular flexibility index (Phi) is 5.02. The fourth-order valence-electron chi connectivity index (χ4n) is 3.18. The monoisotopic (exact) mass is 351 g/mol. The van der Waals surface area contributed by atoms with Crippen molar-refractivity contribution in [2.45, 2.75) is 25.8 Å². The normalized spacial score (nSPS) is 15.6. The van der Waals surface area contributed by atoms with E-state index in [-0.39, 0.29) is 5.97 Å². The third-order valence-electron chi connectivity index (χ3n) is 4.44. The van der Waals surface area contributed by atoms with Crippen molar-refractivity contribution in [3.63, 3.8) is 0 Å². The number of fused-ring (bicyclic) bond motifs is 2. The van der Waals surface area contributed by atoms with Gasteiger partial charge in [-0.15, -0.1) is 0 Å². The maximum absolute atomic E-state index is 12.2. The minimum Gasteiger partial charge on any atom is -0.467 e. The molecule has 2 amide bonds. The zero-order valence-corrected chi connectivity index (χ0v) is 14.8. The maximum atomic E-state index is 12.2. The van der Waals surface area contributed by atoms with Gasteiger partial charge in [-0.05, 0) is 24.1 Å². The van der Waals surface area contributed by atoms with E-state index >= 15 is 0 Å². The Bertz CT molecular complexity index is 876. The second-order valence-electron chi connectivity index (χ2n) is 6.02. The zero-order chi connectivity index (χ0) is 18.7. The van der Waals surface area contributed by atoms with Crippen LogP contribution in [0.5, 0.6) is 0 Å². The van der Waals surface area contributed by atoms with Gasteiger partial charge in [-0.3, -0.25) is 9.89 Å². The van der Waals surface area contributed by atoms with Crippen molar-refractivity contribution in [1.82, 2.24) is 0 Å². The number of benzene rings is 2. The van der Waals surface area contributed by atoms with E-state index in [1.807, 2.05) is 55.5 Å². The molecule has 0 saturated carbocycles. The van der Waals surface area contributed by atoms with E-state index in [1.165, 1.54) is 12.0 Å². The van der Waals surface area contributed by atoms with Gasteiger partial charge in [0.25, 0.3) is 0 Å². The Morgan fingerprint density at radius 1 is 1.15 bits per heavy atom. The molecule has 3 rings (SSSR count). The number of carbonyl (C=O) groups is 2. The molecule has 0 aliphatic carbocycles. The van der Waals surface area contributed by atoms with E-state index in [9.17, 15) is 9.59 Å². The minimum atomic E-state index is -0.588. The predicted molar refractivity (Wildman–Crippen MR) is 101 cm³/mol. The largest absolute Gasteiger partial charge is 0.467 e. The van der Waals surface area contributed by atoms with Crippen LogP contribution in [0.3, 0.4) is 0 Å². The summed E-state index contributed by atoms with van der Waals surface area (Å²) in [4.78, 5) is 30.4. The molecule has 134 valence electrons. The van der Waals surface area contributed by atoms with Gasteiger partial charge in [0, 0.05) is 17.7 Å². The summed E-state index contributed by atoms with van der Waals surface area (Å²) in [5, 5.41) is 0. The first kappa shape index (κ1) is 17.7. The molecule has 2 aromatic carbocycles. The van der Waals surface area contributed by atoms with E-state index in [1.54, 1.807) is 0 Å². The summed E-state index contributed by atoms with van der Waals surface area (Å²) in [6.45, 7) is 1.89. The highest BCUT2D eigenvalue weighted by Crippen LogP contribution is 2.36. The van der Waals surface area contributed by atoms with Gasteiger partial charge in [-0.2, -0.15) is 0 Å². The van der Waals surface area contributed by atoms with E-state index in [0.717, 1.165) is 22.5 Å². The molecule has 0 spiro atoms. The van der Waals surface area contributed by atoms with Crippen LogP contribution in [0, 0.1) is 0 Å². The topological polar surface area (TPSA) is 85.0 Å². The summed E-state index contributed by atoms with van der Waals surface area (Å²) >= 11 is 0. The Labute approximate surface area is 152 Å². The van der Waals surface area contributed by atoms with E-state index in [0.29, 0.717) is 18.5 Å². The molecule has 2 aromatic rings. The number of hydrogen-bond acceptors (Lipinski definition) is 4. The fourth-order valence-corrected chi connectivity index (χ4v) is 3.18. The average Bonchev–Trinajstić information content (AvgIpc) is 2.79. The van der Waals surface area contributed by atoms with E-state index in [4.69, 9.17) is 10.5 Å². The van der Waals surface area contributed by atoms with E-state index < -0.39 is 12.1 Å². The van der Waals surface area contributed by atoms with Crippen molar-refractivity contribution in [3.8, 4) is 0 Å². The number of methoxy groups -OCH3 is 1. The van der Waals surface area contributed by atoms with Crippen molar-refractivity contribution in [2.24, 2.45) is 10.7 Å². The van der Waals surface area contributed by atoms with Crippen molar-refractivity contribution in [1.29, 1.82) is 0 Å². The highest BCUT2D eigenvalue weighted by molar-refractivity contribution is 6.14. The fraction of sp³-hybridized carbons (Fsp3) is 0.250. The molecule has 6 heteroatoms. The first-order chi connectivity index (χ1) is 12.6. The van der Waals surface area contributed by atoms with Crippen molar-refractivity contribution >= 4 is 29.1 Å². The molecule has 0 bridgehead atoms. The number of para-hydroxylation sites is 2. The molecule has 0 radical (unpaired) electrons. The third-order valence-corrected chi connectivity index (χ3v) is 4.44. The number of nitrogens with two attached hydrogens (primary N) is 1. The van der Waals surface area contributed by atoms with Crippen LogP contribution in [-0.2, 0) is 16.0 Å². The standard InChI is InChI=1S/C20H21N3O3/c1-3-15(19(24)26-2)22-16-12-13-8-4-6-10-17(13)23(20(21)25)18-11-7-5-9-14(16)18/h4-11,15H,3,12H2,1-2H3,(H2,21,25). The minimum absolute atomic E-state index is 0.373. The number of primary amides is 1. The summed E-state index contributed by atoms with van der Waals surface area (Å²) in [7, 11) is 1.36. The summed E-state index contributed by atoms with van der Waals surface area (Å²) in [5.41, 5.74) is 9.49. The molecule has 6 nitrogen and oxygen atoms in total. The number of rotatable bonds is 3. The lowest BCUT2D eigenvalue weighted by molar-refractivity contribution is -0.142. The van der Waals surface area contributed by atoms with Crippen LogP contribution < -0.4 is 10.6 Å². The number of hydrogen-bond donors (Lipinski definition) is 1. The lowest BCUT2D eigenvalue weighted by Gasteiger charge is -2.22. The number of anilines is 2. The van der Waals surface area contributed by atoms with Gasteiger partial charge in [0.15, 0.2) is 0 Å².